The Kier molecular flexibility index (Phi) is 9.79. The van der Waals surface area contributed by atoms with Crippen LogP contribution in [0.5, 0.6) is 0 Å². The Balaban J connectivity index is 3.60. The maximum absolute atomic E-state index is 12.9. The fraction of sp³-hybridized carbons (Fsp3) is 0.880. The van der Waals surface area contributed by atoms with Crippen LogP contribution in [-0.2, 0) is 37.8 Å². The summed E-state index contributed by atoms with van der Waals surface area (Å²) in [5.41, 5.74) is -1.81. The lowest BCUT2D eigenvalue weighted by Crippen LogP contribution is -2.65. The van der Waals surface area contributed by atoms with Crippen molar-refractivity contribution in [3.05, 3.63) is 0 Å². The number of esters is 3. The zero-order valence-electron chi connectivity index (χ0n) is 23.7. The van der Waals surface area contributed by atoms with Gasteiger partial charge in [0.2, 0.25) is 0 Å². The number of methoxy groups -OCH3 is 1. The molecule has 35 heavy (non-hydrogen) atoms. The number of aliphatic hydroxyl groups is 1. The summed E-state index contributed by atoms with van der Waals surface area (Å²) < 4.78 is 28.7. The van der Waals surface area contributed by atoms with Crippen molar-refractivity contribution >= 4 is 26.2 Å². The molecule has 0 amide bonds. The number of hydrogen-bond acceptors (Lipinski definition) is 9. The lowest BCUT2D eigenvalue weighted by molar-refractivity contribution is -0.286. The molecule has 10 heteroatoms. The third-order valence-corrected chi connectivity index (χ3v) is 11.6. The SMILES string of the molecule is COC(=O)[C@@H]1OC(O[Si](C)(C)C(C)(C)C(C)C)[C@H](OC(=O)C(C)(C)C)[C@@H](OC(=O)C(C)(C)C)[C@@H]1O. The normalized spacial score (nSPS) is 26.3. The third kappa shape index (κ3) is 7.27. The molecule has 1 heterocycles. The quantitative estimate of drug-likeness (QED) is 0.305. The molecule has 0 aromatic carbocycles. The second kappa shape index (κ2) is 10.9. The Morgan fingerprint density at radius 2 is 1.29 bits per heavy atom. The van der Waals surface area contributed by atoms with Gasteiger partial charge in [0.05, 0.1) is 17.9 Å². The van der Waals surface area contributed by atoms with E-state index in [1.165, 1.54) is 0 Å². The smallest absolute Gasteiger partial charge is 0.337 e. The molecule has 9 nitrogen and oxygen atoms in total. The summed E-state index contributed by atoms with van der Waals surface area (Å²) in [5.74, 6) is -1.84. The minimum Gasteiger partial charge on any atom is -0.467 e. The average Bonchev–Trinajstić information content (AvgIpc) is 2.69. The van der Waals surface area contributed by atoms with Crippen LogP contribution >= 0.6 is 0 Å². The van der Waals surface area contributed by atoms with E-state index in [9.17, 15) is 19.5 Å². The molecule has 0 aromatic rings. The van der Waals surface area contributed by atoms with Gasteiger partial charge in [-0.3, -0.25) is 9.59 Å². The summed E-state index contributed by atoms with van der Waals surface area (Å²) in [6, 6.07) is 0. The Labute approximate surface area is 211 Å². The number of rotatable bonds is 7. The van der Waals surface area contributed by atoms with Gasteiger partial charge in [0.1, 0.15) is 6.10 Å². The molecule has 1 fully saturated rings. The van der Waals surface area contributed by atoms with Gasteiger partial charge >= 0.3 is 17.9 Å². The van der Waals surface area contributed by atoms with E-state index in [0.717, 1.165) is 7.11 Å². The van der Waals surface area contributed by atoms with Crippen molar-refractivity contribution in [2.75, 3.05) is 7.11 Å². The summed E-state index contributed by atoms with van der Waals surface area (Å²) >= 11 is 0. The molecule has 1 aliphatic rings. The first-order valence-electron chi connectivity index (χ1n) is 12.1. The summed E-state index contributed by atoms with van der Waals surface area (Å²) in [7, 11) is -1.45. The highest BCUT2D eigenvalue weighted by Crippen LogP contribution is 2.46. The molecule has 1 rings (SSSR count). The van der Waals surface area contributed by atoms with Crippen LogP contribution in [0.4, 0.5) is 0 Å². The van der Waals surface area contributed by atoms with E-state index in [2.05, 4.69) is 27.7 Å². The van der Waals surface area contributed by atoms with Gasteiger partial charge in [-0.2, -0.15) is 0 Å². The Morgan fingerprint density at radius 3 is 1.66 bits per heavy atom. The van der Waals surface area contributed by atoms with Crippen LogP contribution in [-0.4, -0.2) is 69.1 Å². The summed E-state index contributed by atoms with van der Waals surface area (Å²) in [5, 5.41) is 10.8. The molecular formula is C25H46O9Si. The van der Waals surface area contributed by atoms with Crippen molar-refractivity contribution in [2.24, 2.45) is 16.7 Å². The van der Waals surface area contributed by atoms with Gasteiger partial charge in [-0.05, 0) is 65.6 Å². The van der Waals surface area contributed by atoms with Crippen molar-refractivity contribution in [3.63, 3.8) is 0 Å². The fourth-order valence-electron chi connectivity index (χ4n) is 3.23. The number of ether oxygens (including phenoxy) is 4. The first-order chi connectivity index (χ1) is 15.6. The summed E-state index contributed by atoms with van der Waals surface area (Å²) in [6.45, 7) is 22.4. The minimum atomic E-state index is -2.61. The van der Waals surface area contributed by atoms with Gasteiger partial charge in [-0.15, -0.1) is 0 Å². The molecule has 1 saturated heterocycles. The average molecular weight is 519 g/mol. The van der Waals surface area contributed by atoms with Gasteiger partial charge in [-0.25, -0.2) is 4.79 Å². The first kappa shape index (κ1) is 31.5. The van der Waals surface area contributed by atoms with E-state index in [0.29, 0.717) is 0 Å². The monoisotopic (exact) mass is 518 g/mol. The van der Waals surface area contributed by atoms with Crippen LogP contribution < -0.4 is 0 Å². The van der Waals surface area contributed by atoms with Crippen LogP contribution in [0.2, 0.25) is 18.1 Å². The minimum absolute atomic E-state index is 0.247. The molecule has 0 aliphatic carbocycles. The van der Waals surface area contributed by atoms with E-state index in [4.69, 9.17) is 23.4 Å². The number of carbonyl (C=O) groups excluding carboxylic acids is 3. The summed E-state index contributed by atoms with van der Waals surface area (Å²) in [6.07, 6.45) is -7.14. The van der Waals surface area contributed by atoms with Gasteiger partial charge in [0.25, 0.3) is 0 Å². The van der Waals surface area contributed by atoms with Crippen LogP contribution in [0.25, 0.3) is 0 Å². The molecule has 0 aromatic heterocycles. The number of carbonyl (C=O) groups is 3. The van der Waals surface area contributed by atoms with Gasteiger partial charge in [0, 0.05) is 0 Å². The van der Waals surface area contributed by atoms with E-state index in [-0.39, 0.29) is 11.0 Å². The lowest BCUT2D eigenvalue weighted by atomic mass is 9.94. The molecular weight excluding hydrogens is 472 g/mol. The van der Waals surface area contributed by atoms with Crippen molar-refractivity contribution in [2.45, 2.75) is 118 Å². The van der Waals surface area contributed by atoms with Crippen LogP contribution in [0.3, 0.4) is 0 Å². The zero-order chi connectivity index (χ0) is 27.7. The first-order valence-corrected chi connectivity index (χ1v) is 15.0. The summed E-state index contributed by atoms with van der Waals surface area (Å²) in [4.78, 5) is 38.3. The van der Waals surface area contributed by atoms with Crippen molar-refractivity contribution in [1.29, 1.82) is 0 Å². The van der Waals surface area contributed by atoms with E-state index in [1.807, 2.05) is 13.1 Å². The fourth-order valence-corrected chi connectivity index (χ4v) is 5.69. The van der Waals surface area contributed by atoms with Crippen LogP contribution in [0.15, 0.2) is 0 Å². The molecule has 1 aliphatic heterocycles. The van der Waals surface area contributed by atoms with Crippen molar-refractivity contribution in [1.82, 2.24) is 0 Å². The second-order valence-corrected chi connectivity index (χ2v) is 17.2. The molecule has 0 bridgehead atoms. The Bertz CT molecular complexity index is 777. The molecule has 5 atom stereocenters. The van der Waals surface area contributed by atoms with E-state index < -0.39 is 67.8 Å². The molecule has 204 valence electrons. The predicted molar refractivity (Wildman–Crippen MR) is 133 cm³/mol. The second-order valence-electron chi connectivity index (χ2n) is 12.7. The standard InChI is InChI=1S/C25H46O9Si/c1-14(2)25(9,10)35(12,13)34-20-18(33-22(29)24(6,7)8)16(32-21(28)23(3,4)5)15(26)17(31-20)19(27)30-11/h14-18,20,26H,1-13H3/t15-,16-,17+,18+,20?/m0/s1. The van der Waals surface area contributed by atoms with Crippen LogP contribution in [0.1, 0.15) is 69.2 Å². The highest BCUT2D eigenvalue weighted by Gasteiger charge is 2.56. The highest BCUT2D eigenvalue weighted by molar-refractivity contribution is 6.74. The van der Waals surface area contributed by atoms with Crippen molar-refractivity contribution in [3.8, 4) is 0 Å². The highest BCUT2D eigenvalue weighted by atomic mass is 28.4. The topological polar surface area (TPSA) is 118 Å². The maximum atomic E-state index is 12.9. The molecule has 1 N–H and O–H groups in total. The number of aliphatic hydroxyl groups excluding tert-OH is 1. The van der Waals surface area contributed by atoms with Gasteiger partial charge in [0.15, 0.2) is 32.9 Å². The Hall–Kier alpha value is -1.49. The third-order valence-electron chi connectivity index (χ3n) is 7.07. The molecule has 0 radical (unpaired) electrons. The zero-order valence-corrected chi connectivity index (χ0v) is 24.7. The van der Waals surface area contributed by atoms with Gasteiger partial charge in [-0.1, -0.05) is 27.7 Å². The number of hydrogen-bond donors (Lipinski definition) is 1. The van der Waals surface area contributed by atoms with Crippen molar-refractivity contribution < 1.29 is 42.9 Å². The van der Waals surface area contributed by atoms with E-state index >= 15 is 0 Å². The maximum Gasteiger partial charge on any atom is 0.337 e. The molecule has 0 saturated carbocycles. The Morgan fingerprint density at radius 1 is 0.857 bits per heavy atom. The van der Waals surface area contributed by atoms with Crippen LogP contribution in [0, 0.1) is 16.7 Å². The van der Waals surface area contributed by atoms with Gasteiger partial charge < -0.3 is 28.5 Å². The van der Waals surface area contributed by atoms with E-state index in [1.54, 1.807) is 41.5 Å². The predicted octanol–water partition coefficient (Wildman–Crippen LogP) is 3.82. The molecule has 1 unspecified atom stereocenters. The molecule has 0 spiro atoms. The lowest BCUT2D eigenvalue weighted by Gasteiger charge is -2.49. The largest absolute Gasteiger partial charge is 0.467 e.